The summed E-state index contributed by atoms with van der Waals surface area (Å²) in [5, 5.41) is 13.2. The molecule has 6 nitrogen and oxygen atoms in total. The number of para-hydroxylation sites is 3. The van der Waals surface area contributed by atoms with E-state index in [-0.39, 0.29) is 6.61 Å². The highest BCUT2D eigenvalue weighted by molar-refractivity contribution is 6.11. The zero-order valence-electron chi connectivity index (χ0n) is 21.9. The van der Waals surface area contributed by atoms with Crippen LogP contribution in [0.5, 0.6) is 17.2 Å². The largest absolute Gasteiger partial charge is 0.493 e. The third kappa shape index (κ3) is 5.77. The Bertz CT molecular complexity index is 1480. The highest BCUT2D eigenvalue weighted by Gasteiger charge is 2.17. The molecule has 5 rings (SSSR count). The van der Waals surface area contributed by atoms with Crippen LogP contribution in [0, 0.1) is 0 Å². The first-order chi connectivity index (χ1) is 18.6. The van der Waals surface area contributed by atoms with Crippen molar-refractivity contribution >= 4 is 21.8 Å². The van der Waals surface area contributed by atoms with Gasteiger partial charge in [-0.3, -0.25) is 4.90 Å². The molecule has 1 unspecified atom stereocenters. The third-order valence-electron chi connectivity index (χ3n) is 6.78. The molecule has 0 saturated carbocycles. The van der Waals surface area contributed by atoms with E-state index in [1.807, 2.05) is 66.7 Å². The average Bonchev–Trinajstić information content (AvgIpc) is 3.25. The van der Waals surface area contributed by atoms with Crippen LogP contribution in [0.1, 0.15) is 5.56 Å². The van der Waals surface area contributed by atoms with Gasteiger partial charge in [-0.15, -0.1) is 0 Å². The van der Waals surface area contributed by atoms with Crippen LogP contribution in [-0.2, 0) is 13.6 Å². The summed E-state index contributed by atoms with van der Waals surface area (Å²) in [6.07, 6.45) is -0.671. The van der Waals surface area contributed by atoms with Gasteiger partial charge in [0.05, 0.1) is 12.6 Å². The maximum atomic E-state index is 11.0. The molecule has 1 heterocycles. The van der Waals surface area contributed by atoms with Gasteiger partial charge in [0.2, 0.25) is 0 Å². The van der Waals surface area contributed by atoms with Crippen LogP contribution in [0.2, 0.25) is 0 Å². The Labute approximate surface area is 223 Å². The summed E-state index contributed by atoms with van der Waals surface area (Å²) in [6.45, 7) is 2.46. The highest BCUT2D eigenvalue weighted by atomic mass is 16.5. The summed E-state index contributed by atoms with van der Waals surface area (Å²) in [5.41, 5.74) is 3.44. The number of aliphatic hydroxyl groups is 1. The lowest BCUT2D eigenvalue weighted by molar-refractivity contribution is 0.0608. The Morgan fingerprint density at radius 3 is 2.26 bits per heavy atom. The van der Waals surface area contributed by atoms with Gasteiger partial charge < -0.3 is 23.9 Å². The molecule has 0 amide bonds. The lowest BCUT2D eigenvalue weighted by Gasteiger charge is -2.25. The number of benzene rings is 4. The summed E-state index contributed by atoms with van der Waals surface area (Å²) in [4.78, 5) is 2.19. The molecule has 1 atom stereocenters. The second-order valence-corrected chi connectivity index (χ2v) is 9.41. The molecule has 38 heavy (non-hydrogen) atoms. The van der Waals surface area contributed by atoms with E-state index in [4.69, 9.17) is 14.2 Å². The fourth-order valence-corrected chi connectivity index (χ4v) is 4.93. The van der Waals surface area contributed by atoms with E-state index in [2.05, 4.69) is 46.8 Å². The molecule has 0 aliphatic rings. The molecule has 0 aliphatic heterocycles. The Morgan fingerprint density at radius 1 is 0.763 bits per heavy atom. The summed E-state index contributed by atoms with van der Waals surface area (Å²) in [7, 11) is 3.71. The first kappa shape index (κ1) is 25.6. The van der Waals surface area contributed by atoms with E-state index in [1.165, 1.54) is 5.56 Å². The first-order valence-corrected chi connectivity index (χ1v) is 12.9. The predicted octanol–water partition coefficient (Wildman–Crippen LogP) is 5.66. The van der Waals surface area contributed by atoms with Crippen molar-refractivity contribution in [1.82, 2.24) is 9.47 Å². The molecule has 1 N–H and O–H groups in total. The van der Waals surface area contributed by atoms with Crippen LogP contribution in [0.15, 0.2) is 97.1 Å². The van der Waals surface area contributed by atoms with Crippen molar-refractivity contribution < 1.29 is 19.3 Å². The van der Waals surface area contributed by atoms with E-state index in [1.54, 1.807) is 7.11 Å². The fraction of sp³-hybridized carbons (Fsp3) is 0.250. The van der Waals surface area contributed by atoms with Gasteiger partial charge in [-0.05, 0) is 35.9 Å². The minimum atomic E-state index is -0.671. The second kappa shape index (κ2) is 12.0. The van der Waals surface area contributed by atoms with Crippen LogP contribution in [0.3, 0.4) is 0 Å². The second-order valence-electron chi connectivity index (χ2n) is 9.41. The van der Waals surface area contributed by atoms with Gasteiger partial charge in [-0.1, -0.05) is 66.7 Å². The molecule has 0 radical (unpaired) electrons. The molecule has 1 aromatic heterocycles. The Morgan fingerprint density at radius 2 is 1.45 bits per heavy atom. The van der Waals surface area contributed by atoms with Gasteiger partial charge in [0.1, 0.15) is 25.1 Å². The van der Waals surface area contributed by atoms with Crippen molar-refractivity contribution in [2.24, 2.45) is 7.05 Å². The van der Waals surface area contributed by atoms with Crippen molar-refractivity contribution in [3.63, 3.8) is 0 Å². The van der Waals surface area contributed by atoms with Crippen LogP contribution in [0.25, 0.3) is 21.8 Å². The molecule has 0 saturated heterocycles. The Kier molecular flexibility index (Phi) is 8.12. The van der Waals surface area contributed by atoms with Crippen molar-refractivity contribution in [1.29, 1.82) is 0 Å². The van der Waals surface area contributed by atoms with E-state index < -0.39 is 6.10 Å². The lowest BCUT2D eigenvalue weighted by atomic mass is 10.1. The smallest absolute Gasteiger partial charge is 0.161 e. The summed E-state index contributed by atoms with van der Waals surface area (Å²) >= 11 is 0. The van der Waals surface area contributed by atoms with E-state index >= 15 is 0 Å². The van der Waals surface area contributed by atoms with Crippen LogP contribution >= 0.6 is 0 Å². The number of nitrogens with zero attached hydrogens (tertiary/aromatic N) is 2. The number of aromatic nitrogens is 1. The molecular formula is C32H34N2O4. The Hall–Kier alpha value is -4.00. The van der Waals surface area contributed by atoms with Crippen LogP contribution in [-0.4, -0.2) is 54.1 Å². The van der Waals surface area contributed by atoms with Crippen molar-refractivity contribution in [3.05, 3.63) is 103 Å². The van der Waals surface area contributed by atoms with Crippen molar-refractivity contribution in [2.45, 2.75) is 12.6 Å². The zero-order valence-corrected chi connectivity index (χ0v) is 21.9. The molecule has 196 valence electrons. The summed E-state index contributed by atoms with van der Waals surface area (Å²) in [6, 6.07) is 32.3. The number of hydrogen-bond acceptors (Lipinski definition) is 5. The summed E-state index contributed by atoms with van der Waals surface area (Å²) in [5.74, 6) is 2.20. The quantitative estimate of drug-likeness (QED) is 0.235. The minimum Gasteiger partial charge on any atom is -0.493 e. The molecule has 0 fully saturated rings. The molecule has 6 heteroatoms. The van der Waals surface area contributed by atoms with Gasteiger partial charge in [-0.25, -0.2) is 0 Å². The van der Waals surface area contributed by atoms with Crippen molar-refractivity contribution in [3.8, 4) is 17.2 Å². The van der Waals surface area contributed by atoms with Gasteiger partial charge >= 0.3 is 0 Å². The predicted molar refractivity (Wildman–Crippen MR) is 152 cm³/mol. The maximum absolute atomic E-state index is 11.0. The standard InChI is InChI=1S/C32H34N2O4/c1-33-27-14-7-6-13-26(27)32-28(33)15-10-18-31(32)38-23-25(35)22-34(21-24-11-4-3-5-12-24)19-20-37-30-17-9-8-16-29(30)36-2/h3-18,25,35H,19-23H2,1-2H3. The molecule has 0 aliphatic carbocycles. The molecule has 4 aromatic carbocycles. The third-order valence-corrected chi connectivity index (χ3v) is 6.78. The fourth-order valence-electron chi connectivity index (χ4n) is 4.93. The Balaban J connectivity index is 1.26. The normalized spacial score (nSPS) is 12.2. The number of ether oxygens (including phenoxy) is 3. The van der Waals surface area contributed by atoms with E-state index in [0.29, 0.717) is 37.7 Å². The lowest BCUT2D eigenvalue weighted by Crippen LogP contribution is -2.37. The monoisotopic (exact) mass is 510 g/mol. The van der Waals surface area contributed by atoms with Gasteiger partial charge in [-0.2, -0.15) is 0 Å². The SMILES string of the molecule is COc1ccccc1OCCN(Cc1ccccc1)CC(O)COc1cccc2c1c1ccccc1n2C. The zero-order chi connectivity index (χ0) is 26.3. The van der Waals surface area contributed by atoms with Crippen molar-refractivity contribution in [2.75, 3.05) is 33.4 Å². The van der Waals surface area contributed by atoms with Gasteiger partial charge in [0, 0.05) is 43.0 Å². The molecule has 5 aromatic rings. The number of rotatable bonds is 12. The van der Waals surface area contributed by atoms with E-state index in [0.717, 1.165) is 27.6 Å². The number of methoxy groups -OCH3 is 1. The maximum Gasteiger partial charge on any atom is 0.161 e. The molecule has 0 spiro atoms. The van der Waals surface area contributed by atoms with Gasteiger partial charge in [0.25, 0.3) is 0 Å². The van der Waals surface area contributed by atoms with Crippen LogP contribution in [0.4, 0.5) is 0 Å². The molecular weight excluding hydrogens is 476 g/mol. The van der Waals surface area contributed by atoms with E-state index in [9.17, 15) is 5.11 Å². The van der Waals surface area contributed by atoms with Crippen LogP contribution < -0.4 is 14.2 Å². The topological polar surface area (TPSA) is 56.1 Å². The number of hydrogen-bond donors (Lipinski definition) is 1. The summed E-state index contributed by atoms with van der Waals surface area (Å²) < 4.78 is 19.8. The minimum absolute atomic E-state index is 0.195. The molecule has 0 bridgehead atoms. The first-order valence-electron chi connectivity index (χ1n) is 12.9. The van der Waals surface area contributed by atoms with Gasteiger partial charge in [0.15, 0.2) is 11.5 Å². The number of aryl methyl sites for hydroxylation is 1. The highest BCUT2D eigenvalue weighted by Crippen LogP contribution is 2.35. The number of aliphatic hydroxyl groups excluding tert-OH is 1. The average molecular weight is 511 g/mol. The number of fused-ring (bicyclic) bond motifs is 3.